The van der Waals surface area contributed by atoms with Gasteiger partial charge >= 0.3 is 11.9 Å². The maximum absolute atomic E-state index is 15.0. The van der Waals surface area contributed by atoms with Gasteiger partial charge in [-0.3, -0.25) is 47.8 Å². The van der Waals surface area contributed by atoms with Crippen LogP contribution in [0.2, 0.25) is 0 Å². The van der Waals surface area contributed by atoms with Crippen molar-refractivity contribution in [2.75, 3.05) is 89.7 Å². The van der Waals surface area contributed by atoms with Crippen molar-refractivity contribution in [2.24, 2.45) is 58.2 Å². The number of aromatic nitrogens is 2. The van der Waals surface area contributed by atoms with Crippen LogP contribution in [0.3, 0.4) is 0 Å². The highest BCUT2D eigenvalue weighted by Crippen LogP contribution is 2.59. The van der Waals surface area contributed by atoms with E-state index in [4.69, 9.17) is 47.9 Å². The predicted molar refractivity (Wildman–Crippen MR) is 443 cm³/mol. The summed E-state index contributed by atoms with van der Waals surface area (Å²) in [6, 6.07) is 13.2. The number of ketones is 2. The Bertz CT molecular complexity index is 4450. The summed E-state index contributed by atoms with van der Waals surface area (Å²) in [4.78, 5) is 132. The Kier molecular flexibility index (Phi) is 26.4. The summed E-state index contributed by atoms with van der Waals surface area (Å²) in [5.74, 6) is -2.52. The minimum absolute atomic E-state index is 0.0453. The van der Waals surface area contributed by atoms with Crippen LogP contribution >= 0.6 is 0 Å². The highest BCUT2D eigenvalue weighted by molar-refractivity contribution is 7.92. The first-order valence-electron chi connectivity index (χ1n) is 42.5. The van der Waals surface area contributed by atoms with Gasteiger partial charge in [0.15, 0.2) is 11.6 Å². The number of morpholine rings is 2. The highest BCUT2D eigenvalue weighted by atomic mass is 32.2. The number of ether oxygens (including phenoxy) is 8. The number of nitrogens with zero attached hydrogens (tertiary/aromatic N) is 6. The van der Waals surface area contributed by atoms with Crippen molar-refractivity contribution in [3.05, 3.63) is 72.8 Å². The van der Waals surface area contributed by atoms with Gasteiger partial charge in [-0.1, -0.05) is 52.0 Å². The zero-order chi connectivity index (χ0) is 84.6. The normalized spacial score (nSPS) is 30.4. The van der Waals surface area contributed by atoms with Gasteiger partial charge in [-0.05, 0) is 213 Å². The molecule has 4 saturated heterocycles. The molecule has 644 valence electrons. The number of methoxy groups -OCH3 is 2. The number of benzene rings is 2. The third kappa shape index (κ3) is 19.6. The number of Topliss-reactive ketones (excluding diaryl/α,β-unsaturated/α-hetero) is 2. The van der Waals surface area contributed by atoms with Gasteiger partial charge in [0.1, 0.15) is 35.3 Å². The zero-order valence-electron chi connectivity index (χ0n) is 70.5. The lowest BCUT2D eigenvalue weighted by molar-refractivity contribution is -0.154. The fourth-order valence-electron chi connectivity index (χ4n) is 18.2. The molecule has 30 heteroatoms. The lowest BCUT2D eigenvalue weighted by Gasteiger charge is -2.32. The highest BCUT2D eigenvalue weighted by Gasteiger charge is 2.65. The average Bonchev–Trinajstić information content (AvgIpc) is 1.56. The Morgan fingerprint density at radius 3 is 1.26 bits per heavy atom. The standard InChI is InChI=1S/2C44H60N4O10S/c2*1-27(2)57-39(50)23-35-29(4)19-28(3)9-7-8-10-31-24-44(31,42(52)46-59(53,54)43(5)13-14-43)25-37(49)36-22-33(26-48(36)41(35)51)58-40-34-12-11-32(55-6)20-30(34)21-38(45-40)47-15-17-56-18-16-47/h2*8,10-12,20-21,27-29,31,33,35-36H,7,9,13-19,22-26H2,1-6H3,(H,46,52)/b2*10-8-/t28-,29+,31+,33+,35-,36-,44+;28-,29-,31-,33-,35+,36+,44-/m01/s1. The molecule has 4 aromatic rings. The van der Waals surface area contributed by atoms with Crippen LogP contribution in [0, 0.1) is 58.2 Å². The number of carbonyl (C=O) groups is 8. The molecule has 0 spiro atoms. The van der Waals surface area contributed by atoms with Crippen molar-refractivity contribution in [1.29, 1.82) is 0 Å². The van der Waals surface area contributed by atoms with Gasteiger partial charge in [0, 0.05) is 62.6 Å². The Morgan fingerprint density at radius 1 is 0.542 bits per heavy atom. The Morgan fingerprint density at radius 2 is 0.915 bits per heavy atom. The number of carbonyl (C=O) groups excluding carboxylic acids is 8. The molecule has 0 bridgehead atoms. The first-order chi connectivity index (χ1) is 56.0. The number of nitrogens with one attached hydrogen (secondary N) is 2. The third-order valence-electron chi connectivity index (χ3n) is 26.3. The van der Waals surface area contributed by atoms with Crippen molar-refractivity contribution in [3.63, 3.8) is 0 Å². The van der Waals surface area contributed by atoms with Crippen molar-refractivity contribution >= 4 is 100 Å². The number of amides is 4. The van der Waals surface area contributed by atoms with Crippen LogP contribution in [-0.2, 0) is 77.4 Å². The van der Waals surface area contributed by atoms with Crippen LogP contribution in [-0.4, -0.2) is 210 Å². The van der Waals surface area contributed by atoms with Gasteiger partial charge in [0.25, 0.3) is 0 Å². The second-order valence-electron chi connectivity index (χ2n) is 36.2. The maximum Gasteiger partial charge on any atom is 0.306 e. The van der Waals surface area contributed by atoms with E-state index in [1.165, 1.54) is 0 Å². The number of anilines is 2. The second-order valence-corrected chi connectivity index (χ2v) is 40.6. The van der Waals surface area contributed by atoms with Crippen LogP contribution in [0.1, 0.15) is 185 Å². The predicted octanol–water partition coefficient (Wildman–Crippen LogP) is 10.7. The lowest BCUT2D eigenvalue weighted by Crippen LogP contribution is -2.48. The first kappa shape index (κ1) is 87.3. The average molecular weight is 1670 g/mol. The van der Waals surface area contributed by atoms with Crippen molar-refractivity contribution in [2.45, 2.75) is 231 Å². The fourth-order valence-corrected chi connectivity index (χ4v) is 20.9. The van der Waals surface area contributed by atoms with Gasteiger partial charge in [-0.25, -0.2) is 16.8 Å². The van der Waals surface area contributed by atoms with Gasteiger partial charge < -0.3 is 57.5 Å². The number of hydrogen-bond donors (Lipinski definition) is 2. The number of esters is 2. The van der Waals surface area contributed by atoms with E-state index in [9.17, 15) is 55.2 Å². The molecule has 4 aliphatic carbocycles. The quantitative estimate of drug-likeness (QED) is 0.0613. The minimum atomic E-state index is -3.96. The Labute approximate surface area is 693 Å². The molecule has 118 heavy (non-hydrogen) atoms. The number of hydrogen-bond acceptors (Lipinski definition) is 24. The summed E-state index contributed by atoms with van der Waals surface area (Å²) in [5, 5.41) is 3.16. The van der Waals surface area contributed by atoms with Crippen LogP contribution in [0.5, 0.6) is 23.3 Å². The zero-order valence-corrected chi connectivity index (χ0v) is 72.1. The molecule has 0 unspecified atom stereocenters. The molecule has 2 N–H and O–H groups in total. The van der Waals surface area contributed by atoms with Gasteiger partial charge in [-0.2, -0.15) is 9.97 Å². The van der Waals surface area contributed by atoms with E-state index >= 15 is 0 Å². The van der Waals surface area contributed by atoms with E-state index in [0.717, 1.165) is 47.2 Å². The molecular formula is C88H120N8O20S2. The molecule has 8 heterocycles. The van der Waals surface area contributed by atoms with E-state index in [1.807, 2.05) is 86.7 Å². The van der Waals surface area contributed by atoms with Crippen molar-refractivity contribution in [1.82, 2.24) is 29.2 Å². The SMILES string of the molecule is COc1ccc2c(O[C@@H]3C[C@H]4C(=O)C[C@]5(C(=O)NS(=O)(=O)C6(C)CC6)C[C@H]5/C=C\CC[C@@H](C)C[C@@H](C)[C@H](CC(=O)OC(C)C)C(=O)N4C3)nc(N3CCOCC3)cc2c1.COc1ccc2c(O[C@@H]3C[C@H]4C(=O)C[C@]5(C(=O)NS(=O)(=O)C6(C)CC6)C[C@H]5/C=C\CC[C@H](C)C[C@@H](C)[C@H](CC(=O)OC(C)C)C(=O)N4C3)nc(N3CCOCC3)cc2c1. The minimum Gasteiger partial charge on any atom is -0.497 e. The fraction of sp³-hybridized carbons (Fsp3) is 0.659. The maximum atomic E-state index is 15.0. The molecule has 6 aliphatic heterocycles. The molecule has 10 aliphatic rings. The molecule has 0 radical (unpaired) electrons. The van der Waals surface area contributed by atoms with Gasteiger partial charge in [0.05, 0.1) is 123 Å². The van der Waals surface area contributed by atoms with Crippen molar-refractivity contribution < 1.29 is 93.1 Å². The molecule has 14 atom stereocenters. The van der Waals surface area contributed by atoms with Gasteiger partial charge in [-0.15, -0.1) is 0 Å². The lowest BCUT2D eigenvalue weighted by atomic mass is 9.82. The molecule has 4 amide bonds. The Hall–Kier alpha value is -8.48. The summed E-state index contributed by atoms with van der Waals surface area (Å²) in [5.41, 5.74) is -2.55. The molecular weight excluding hydrogens is 1550 g/mol. The molecule has 28 nitrogen and oxygen atoms in total. The number of pyridine rings is 2. The number of fused-ring (bicyclic) bond motifs is 6. The number of allylic oxidation sites excluding steroid dienone is 4. The van der Waals surface area contributed by atoms with E-state index in [-0.39, 0.29) is 123 Å². The molecule has 2 aromatic heterocycles. The van der Waals surface area contributed by atoms with Gasteiger partial charge in [0.2, 0.25) is 55.4 Å². The molecule has 4 saturated carbocycles. The van der Waals surface area contributed by atoms with Crippen LogP contribution in [0.15, 0.2) is 72.8 Å². The van der Waals surface area contributed by atoms with E-state index in [0.29, 0.717) is 139 Å². The van der Waals surface area contributed by atoms with Crippen molar-refractivity contribution in [3.8, 4) is 23.3 Å². The summed E-state index contributed by atoms with van der Waals surface area (Å²) < 4.78 is 103. The van der Waals surface area contributed by atoms with Crippen LogP contribution in [0.25, 0.3) is 21.5 Å². The first-order valence-corrected chi connectivity index (χ1v) is 45.5. The largest absolute Gasteiger partial charge is 0.497 e. The summed E-state index contributed by atoms with van der Waals surface area (Å²) in [6.07, 6.45) is 12.2. The number of sulfonamides is 2. The monoisotopic (exact) mass is 1670 g/mol. The smallest absolute Gasteiger partial charge is 0.306 e. The molecule has 8 fully saturated rings. The summed E-state index contributed by atoms with van der Waals surface area (Å²) in [7, 11) is -4.72. The topological polar surface area (TPSA) is 341 Å². The second kappa shape index (κ2) is 35.7. The Balaban J connectivity index is 0.000000205. The summed E-state index contributed by atoms with van der Waals surface area (Å²) >= 11 is 0. The van der Waals surface area contributed by atoms with E-state index < -0.39 is 100 Å². The summed E-state index contributed by atoms with van der Waals surface area (Å²) in [6.45, 7) is 23.4. The van der Waals surface area contributed by atoms with Crippen LogP contribution < -0.4 is 38.2 Å². The third-order valence-corrected chi connectivity index (χ3v) is 30.6. The molecule has 14 rings (SSSR count). The van der Waals surface area contributed by atoms with E-state index in [1.54, 1.807) is 65.6 Å². The van der Waals surface area contributed by atoms with Crippen LogP contribution in [0.4, 0.5) is 11.6 Å². The molecule has 2 aromatic carbocycles. The van der Waals surface area contributed by atoms with E-state index in [2.05, 4.69) is 33.1 Å². The number of rotatable bonds is 20.